The Kier molecular flexibility index (Phi) is 9.46. The lowest BCUT2D eigenvalue weighted by molar-refractivity contribution is 0.153. The van der Waals surface area contributed by atoms with E-state index in [1.165, 1.54) is 11.0 Å². The lowest BCUT2D eigenvalue weighted by atomic mass is 10.0. The number of carbonyl (C=O) groups excluding carboxylic acids is 1. The largest absolute Gasteiger partial charge is 0.492 e. The summed E-state index contributed by atoms with van der Waals surface area (Å²) in [5.74, 6) is 1.30. The first kappa shape index (κ1) is 26.9. The van der Waals surface area contributed by atoms with Crippen LogP contribution in [-0.4, -0.2) is 51.2 Å². The average molecular weight is 507 g/mol. The third kappa shape index (κ3) is 6.30. The molecule has 8 nitrogen and oxygen atoms in total. The summed E-state index contributed by atoms with van der Waals surface area (Å²) in [7, 11) is 3.19. The van der Waals surface area contributed by atoms with Crippen molar-refractivity contribution in [2.45, 2.75) is 46.1 Å². The van der Waals surface area contributed by atoms with E-state index in [1.807, 2.05) is 11.5 Å². The fraction of sp³-hybridized carbons (Fsp3) is 0.538. The minimum absolute atomic E-state index is 0.0777. The molecule has 2 aromatic rings. The molecule has 0 bridgehead atoms. The van der Waals surface area contributed by atoms with Crippen LogP contribution in [0.15, 0.2) is 29.2 Å². The number of halogens is 1. The zero-order valence-corrected chi connectivity index (χ0v) is 21.9. The second-order valence-corrected chi connectivity index (χ2v) is 9.35. The average Bonchev–Trinajstić information content (AvgIpc) is 2.97. The maximum absolute atomic E-state index is 13.1. The summed E-state index contributed by atoms with van der Waals surface area (Å²) < 4.78 is 24.4. The summed E-state index contributed by atoms with van der Waals surface area (Å²) in [6, 6.07) is 4.99. The molecule has 0 radical (unpaired) electrons. The van der Waals surface area contributed by atoms with E-state index in [9.17, 15) is 9.59 Å². The Hall–Kier alpha value is -2.71. The minimum Gasteiger partial charge on any atom is -0.492 e. The number of pyridine rings is 1. The maximum atomic E-state index is 13.1. The van der Waals surface area contributed by atoms with Gasteiger partial charge in [-0.3, -0.25) is 9.69 Å². The van der Waals surface area contributed by atoms with Crippen LogP contribution in [0.1, 0.15) is 46.1 Å². The van der Waals surface area contributed by atoms with E-state index in [1.54, 1.807) is 32.5 Å². The summed E-state index contributed by atoms with van der Waals surface area (Å²) in [6.45, 7) is 7.95. The number of unbranched alkanes of at least 4 members (excludes halogenated alkanes) is 1. The summed E-state index contributed by atoms with van der Waals surface area (Å²) in [5, 5.41) is 0.424. The number of methoxy groups -OCH3 is 1. The Morgan fingerprint density at radius 2 is 2.00 bits per heavy atom. The van der Waals surface area contributed by atoms with Crippen LogP contribution in [0.5, 0.6) is 11.5 Å². The number of carbonyl (C=O) groups is 1. The van der Waals surface area contributed by atoms with Crippen LogP contribution in [0.25, 0.3) is 11.3 Å². The molecule has 0 N–H and O–H groups in total. The highest BCUT2D eigenvalue weighted by Crippen LogP contribution is 2.42. The topological polar surface area (TPSA) is 79.2 Å². The molecule has 1 atom stereocenters. The van der Waals surface area contributed by atoms with Gasteiger partial charge in [0, 0.05) is 51.1 Å². The third-order valence-corrected chi connectivity index (χ3v) is 6.31. The van der Waals surface area contributed by atoms with Crippen LogP contribution in [-0.2, 0) is 9.47 Å². The van der Waals surface area contributed by atoms with Crippen molar-refractivity contribution in [1.82, 2.24) is 4.57 Å². The normalized spacial score (nSPS) is 14.5. The number of ether oxygens (including phenoxy) is 4. The van der Waals surface area contributed by atoms with Crippen molar-refractivity contribution >= 4 is 23.4 Å². The predicted octanol–water partition coefficient (Wildman–Crippen LogP) is 5.55. The number of hydrogen-bond donors (Lipinski definition) is 0. The zero-order chi connectivity index (χ0) is 25.5. The van der Waals surface area contributed by atoms with Crippen molar-refractivity contribution in [2.24, 2.45) is 5.92 Å². The molecule has 1 amide bonds. The molecular weight excluding hydrogens is 472 g/mol. The van der Waals surface area contributed by atoms with E-state index in [0.717, 1.165) is 19.3 Å². The van der Waals surface area contributed by atoms with E-state index < -0.39 is 6.09 Å². The smallest absolute Gasteiger partial charge is 0.414 e. The van der Waals surface area contributed by atoms with Crippen LogP contribution < -0.4 is 19.8 Å². The highest BCUT2D eigenvalue weighted by Gasteiger charge is 2.28. The number of anilines is 1. The molecular formula is C26H35ClN2O6. The molecule has 0 spiro atoms. The van der Waals surface area contributed by atoms with E-state index in [0.29, 0.717) is 54.2 Å². The van der Waals surface area contributed by atoms with Crippen LogP contribution in [0, 0.1) is 5.92 Å². The van der Waals surface area contributed by atoms with E-state index in [4.69, 9.17) is 30.5 Å². The molecule has 1 aliphatic heterocycles. The fourth-order valence-electron chi connectivity index (χ4n) is 3.90. The molecule has 0 aliphatic carbocycles. The quantitative estimate of drug-likeness (QED) is 0.393. The molecule has 2 heterocycles. The van der Waals surface area contributed by atoms with Crippen molar-refractivity contribution in [3.63, 3.8) is 0 Å². The first-order valence-corrected chi connectivity index (χ1v) is 12.4. The van der Waals surface area contributed by atoms with Gasteiger partial charge in [-0.1, -0.05) is 38.8 Å². The van der Waals surface area contributed by atoms with Crippen LogP contribution >= 0.6 is 11.6 Å². The number of benzene rings is 1. The summed E-state index contributed by atoms with van der Waals surface area (Å²) in [5.41, 5.74) is 1.32. The van der Waals surface area contributed by atoms with E-state index in [2.05, 4.69) is 13.8 Å². The van der Waals surface area contributed by atoms with Gasteiger partial charge in [0.25, 0.3) is 0 Å². The van der Waals surface area contributed by atoms with Gasteiger partial charge in [-0.15, -0.1) is 0 Å². The molecule has 1 aliphatic rings. The summed E-state index contributed by atoms with van der Waals surface area (Å²) >= 11 is 6.55. The zero-order valence-electron chi connectivity index (χ0n) is 21.1. The Bertz CT molecular complexity index is 1080. The Balaban J connectivity index is 2.01. The highest BCUT2D eigenvalue weighted by molar-refractivity contribution is 6.32. The van der Waals surface area contributed by atoms with Crippen molar-refractivity contribution in [1.29, 1.82) is 0 Å². The fourth-order valence-corrected chi connectivity index (χ4v) is 4.12. The van der Waals surface area contributed by atoms with Crippen molar-refractivity contribution in [3.05, 3.63) is 39.6 Å². The van der Waals surface area contributed by atoms with Gasteiger partial charge in [-0.25, -0.2) is 4.79 Å². The van der Waals surface area contributed by atoms with Gasteiger partial charge in [-0.05, 0) is 18.4 Å². The first-order valence-electron chi connectivity index (χ1n) is 12.0. The summed E-state index contributed by atoms with van der Waals surface area (Å²) in [6.07, 6.45) is 3.57. The number of nitrogens with zero attached hydrogens (tertiary/aromatic N) is 2. The van der Waals surface area contributed by atoms with Gasteiger partial charge in [0.1, 0.15) is 23.8 Å². The Morgan fingerprint density at radius 1 is 1.23 bits per heavy atom. The van der Waals surface area contributed by atoms with Gasteiger partial charge in [0.2, 0.25) is 5.43 Å². The van der Waals surface area contributed by atoms with Crippen LogP contribution in [0.2, 0.25) is 5.02 Å². The molecule has 0 saturated carbocycles. The standard InChI is InChI=1S/C26H35ClN2O6/c1-6-7-10-34-26(31)28(4)21-15-29-20(13-23(21)30)18-12-19(27)25(33-11-8-9-32-5)14-24(18)35-16-22(29)17(2)3/h12-15,17,22H,6-11,16H2,1-5H3/t22-/m0/s1. The van der Waals surface area contributed by atoms with E-state index >= 15 is 0 Å². The first-order chi connectivity index (χ1) is 16.8. The molecule has 1 aromatic carbocycles. The SMILES string of the molecule is CCCCOC(=O)N(C)c1cn2c(cc1=O)-c1cc(Cl)c(OCCCOC)cc1OC[C@H]2C(C)C. The monoisotopic (exact) mass is 506 g/mol. The second-order valence-electron chi connectivity index (χ2n) is 8.94. The molecule has 0 fully saturated rings. The Labute approximate surface area is 211 Å². The number of hydrogen-bond acceptors (Lipinski definition) is 6. The molecule has 9 heteroatoms. The van der Waals surface area contributed by atoms with Gasteiger partial charge in [0.15, 0.2) is 0 Å². The van der Waals surface area contributed by atoms with Gasteiger partial charge in [-0.2, -0.15) is 0 Å². The number of rotatable bonds is 10. The summed E-state index contributed by atoms with van der Waals surface area (Å²) in [4.78, 5) is 26.9. The predicted molar refractivity (Wildman–Crippen MR) is 137 cm³/mol. The van der Waals surface area contributed by atoms with Gasteiger partial charge >= 0.3 is 6.09 Å². The van der Waals surface area contributed by atoms with E-state index in [-0.39, 0.29) is 23.1 Å². The van der Waals surface area contributed by atoms with Crippen molar-refractivity contribution in [2.75, 3.05) is 45.5 Å². The van der Waals surface area contributed by atoms with Gasteiger partial charge < -0.3 is 23.5 Å². The Morgan fingerprint density at radius 3 is 2.69 bits per heavy atom. The molecule has 192 valence electrons. The lowest BCUT2D eigenvalue weighted by Crippen LogP contribution is -2.33. The molecule has 0 saturated heterocycles. The van der Waals surface area contributed by atoms with Crippen LogP contribution in [0.4, 0.5) is 10.5 Å². The van der Waals surface area contributed by atoms with Crippen molar-refractivity contribution < 1.29 is 23.7 Å². The number of amides is 1. The van der Waals surface area contributed by atoms with Gasteiger partial charge in [0.05, 0.1) is 30.0 Å². The molecule has 35 heavy (non-hydrogen) atoms. The number of aromatic nitrogens is 1. The third-order valence-electron chi connectivity index (χ3n) is 6.02. The minimum atomic E-state index is -0.555. The second kappa shape index (κ2) is 12.3. The van der Waals surface area contributed by atoms with Crippen LogP contribution in [0.3, 0.4) is 0 Å². The maximum Gasteiger partial charge on any atom is 0.414 e. The molecule has 1 aromatic heterocycles. The highest BCUT2D eigenvalue weighted by atomic mass is 35.5. The number of fused-ring (bicyclic) bond motifs is 3. The molecule has 0 unspecified atom stereocenters. The van der Waals surface area contributed by atoms with Crippen molar-refractivity contribution in [3.8, 4) is 22.8 Å². The lowest BCUT2D eigenvalue weighted by Gasteiger charge is -2.26. The molecule has 3 rings (SSSR count).